The monoisotopic (exact) mass is 275 g/mol. The fourth-order valence-corrected chi connectivity index (χ4v) is 3.96. The summed E-state index contributed by atoms with van der Waals surface area (Å²) in [5, 5.41) is 13.8. The Morgan fingerprint density at radius 3 is 2.85 bits per heavy atom. The number of benzene rings is 1. The topological polar surface area (TPSA) is 41.5 Å². The van der Waals surface area contributed by atoms with Gasteiger partial charge in [0.15, 0.2) is 0 Å². The van der Waals surface area contributed by atoms with Gasteiger partial charge in [0.05, 0.1) is 12.2 Å². The molecule has 1 aliphatic heterocycles. The highest BCUT2D eigenvalue weighted by molar-refractivity contribution is 5.16. The third-order valence-electron chi connectivity index (χ3n) is 4.99. The molecule has 110 valence electrons. The van der Waals surface area contributed by atoms with Crippen molar-refractivity contribution in [2.75, 3.05) is 13.2 Å². The predicted octanol–water partition coefficient (Wildman–Crippen LogP) is 1.99. The molecule has 1 aliphatic carbocycles. The number of aliphatic hydroxyl groups excluding tert-OH is 1. The molecule has 3 nitrogen and oxygen atoms in total. The van der Waals surface area contributed by atoms with Gasteiger partial charge in [-0.05, 0) is 18.4 Å². The van der Waals surface area contributed by atoms with Crippen LogP contribution < -0.4 is 5.32 Å². The van der Waals surface area contributed by atoms with Gasteiger partial charge in [0, 0.05) is 30.5 Å². The summed E-state index contributed by atoms with van der Waals surface area (Å²) in [6.07, 6.45) is 1.95. The molecular formula is C17H25NO2. The standard InChI is InChI=1S/C17H25NO2/c1-17(2)15(14-8-9-20-16(14)17)18-11-13(19)10-12-6-4-3-5-7-12/h3-7,13-16,18-19H,8-11H2,1-2H3. The van der Waals surface area contributed by atoms with Crippen LogP contribution in [0.1, 0.15) is 25.8 Å². The average Bonchev–Trinajstić information content (AvgIpc) is 2.86. The lowest BCUT2D eigenvalue weighted by molar-refractivity contribution is -0.114. The smallest absolute Gasteiger partial charge is 0.0704 e. The molecule has 2 N–H and O–H groups in total. The van der Waals surface area contributed by atoms with Crippen LogP contribution in [0.15, 0.2) is 30.3 Å². The highest BCUT2D eigenvalue weighted by Crippen LogP contribution is 2.52. The van der Waals surface area contributed by atoms with Crippen molar-refractivity contribution in [1.82, 2.24) is 5.32 Å². The molecule has 3 rings (SSSR count). The summed E-state index contributed by atoms with van der Waals surface area (Å²) >= 11 is 0. The van der Waals surface area contributed by atoms with Gasteiger partial charge in [-0.15, -0.1) is 0 Å². The van der Waals surface area contributed by atoms with E-state index in [1.54, 1.807) is 0 Å². The minimum atomic E-state index is -0.324. The third-order valence-corrected chi connectivity index (χ3v) is 4.99. The molecule has 2 aliphatic rings. The summed E-state index contributed by atoms with van der Waals surface area (Å²) in [6.45, 7) is 6.08. The van der Waals surface area contributed by atoms with E-state index < -0.39 is 0 Å². The number of hydrogen-bond acceptors (Lipinski definition) is 3. The average molecular weight is 275 g/mol. The summed E-state index contributed by atoms with van der Waals surface area (Å²) in [7, 11) is 0. The largest absolute Gasteiger partial charge is 0.391 e. The minimum Gasteiger partial charge on any atom is -0.391 e. The van der Waals surface area contributed by atoms with Crippen molar-refractivity contribution in [2.24, 2.45) is 11.3 Å². The van der Waals surface area contributed by atoms with Gasteiger partial charge in [-0.3, -0.25) is 0 Å². The van der Waals surface area contributed by atoms with Crippen LogP contribution in [-0.4, -0.2) is 36.5 Å². The first-order chi connectivity index (χ1) is 9.59. The van der Waals surface area contributed by atoms with Crippen molar-refractivity contribution in [3.63, 3.8) is 0 Å². The van der Waals surface area contributed by atoms with Gasteiger partial charge >= 0.3 is 0 Å². The number of rotatable bonds is 5. The lowest BCUT2D eigenvalue weighted by Gasteiger charge is -2.55. The quantitative estimate of drug-likeness (QED) is 0.863. The summed E-state index contributed by atoms with van der Waals surface area (Å²) in [6, 6.07) is 10.6. The van der Waals surface area contributed by atoms with Crippen LogP contribution in [0.4, 0.5) is 0 Å². The van der Waals surface area contributed by atoms with Crippen molar-refractivity contribution in [1.29, 1.82) is 0 Å². The van der Waals surface area contributed by atoms with Crippen LogP contribution in [0.2, 0.25) is 0 Å². The fraction of sp³-hybridized carbons (Fsp3) is 0.647. The van der Waals surface area contributed by atoms with Crippen molar-refractivity contribution < 1.29 is 9.84 Å². The number of aliphatic hydroxyl groups is 1. The molecule has 1 aromatic carbocycles. The Hall–Kier alpha value is -0.900. The highest BCUT2D eigenvalue weighted by Gasteiger charge is 2.58. The molecule has 4 atom stereocenters. The molecule has 0 aromatic heterocycles. The molecule has 0 radical (unpaired) electrons. The zero-order valence-electron chi connectivity index (χ0n) is 12.4. The van der Waals surface area contributed by atoms with Gasteiger partial charge in [0.25, 0.3) is 0 Å². The maximum atomic E-state index is 10.2. The molecule has 1 aromatic rings. The summed E-state index contributed by atoms with van der Waals surface area (Å²) < 4.78 is 5.80. The van der Waals surface area contributed by atoms with E-state index >= 15 is 0 Å². The first kappa shape index (κ1) is 14.1. The van der Waals surface area contributed by atoms with E-state index in [2.05, 4.69) is 31.3 Å². The second-order valence-electron chi connectivity index (χ2n) is 6.79. The van der Waals surface area contributed by atoms with E-state index in [0.29, 0.717) is 31.0 Å². The van der Waals surface area contributed by atoms with Gasteiger partial charge in [0.1, 0.15) is 0 Å². The molecule has 0 amide bonds. The second-order valence-corrected chi connectivity index (χ2v) is 6.79. The van der Waals surface area contributed by atoms with E-state index in [1.165, 1.54) is 5.56 Å². The molecular weight excluding hydrogens is 250 g/mol. The number of hydrogen-bond donors (Lipinski definition) is 2. The zero-order chi connectivity index (χ0) is 14.2. The Morgan fingerprint density at radius 1 is 1.35 bits per heavy atom. The number of ether oxygens (including phenoxy) is 1. The number of nitrogens with one attached hydrogen (secondary N) is 1. The van der Waals surface area contributed by atoms with Gasteiger partial charge in [-0.2, -0.15) is 0 Å². The van der Waals surface area contributed by atoms with Gasteiger partial charge in [0.2, 0.25) is 0 Å². The van der Waals surface area contributed by atoms with Gasteiger partial charge in [-0.1, -0.05) is 44.2 Å². The van der Waals surface area contributed by atoms with Crippen molar-refractivity contribution in [2.45, 2.75) is 44.9 Å². The Balaban J connectivity index is 1.50. The van der Waals surface area contributed by atoms with Crippen LogP contribution in [0, 0.1) is 11.3 Å². The van der Waals surface area contributed by atoms with Crippen molar-refractivity contribution in [3.8, 4) is 0 Å². The molecule has 1 saturated heterocycles. The van der Waals surface area contributed by atoms with E-state index in [-0.39, 0.29) is 11.5 Å². The van der Waals surface area contributed by atoms with Crippen LogP contribution in [0.25, 0.3) is 0 Å². The van der Waals surface area contributed by atoms with E-state index in [9.17, 15) is 5.11 Å². The summed E-state index contributed by atoms with van der Waals surface area (Å²) in [4.78, 5) is 0. The maximum Gasteiger partial charge on any atom is 0.0704 e. The molecule has 1 saturated carbocycles. The predicted molar refractivity (Wildman–Crippen MR) is 79.6 cm³/mol. The summed E-state index contributed by atoms with van der Waals surface area (Å²) in [5.74, 6) is 0.633. The normalized spacial score (nSPS) is 32.5. The molecule has 0 bridgehead atoms. The zero-order valence-corrected chi connectivity index (χ0v) is 12.4. The molecule has 0 spiro atoms. The van der Waals surface area contributed by atoms with Gasteiger partial charge < -0.3 is 15.2 Å². The van der Waals surface area contributed by atoms with Crippen LogP contribution in [0.3, 0.4) is 0 Å². The van der Waals surface area contributed by atoms with E-state index in [0.717, 1.165) is 13.0 Å². The van der Waals surface area contributed by atoms with Crippen LogP contribution in [-0.2, 0) is 11.2 Å². The lowest BCUT2D eigenvalue weighted by Crippen LogP contribution is -2.66. The molecule has 20 heavy (non-hydrogen) atoms. The van der Waals surface area contributed by atoms with Crippen molar-refractivity contribution in [3.05, 3.63) is 35.9 Å². The second kappa shape index (κ2) is 5.47. The summed E-state index contributed by atoms with van der Waals surface area (Å²) in [5.41, 5.74) is 1.38. The Bertz CT molecular complexity index is 446. The SMILES string of the molecule is CC1(C)C(NCC(O)Cc2ccccc2)C2CCOC21. The Morgan fingerprint density at radius 2 is 2.10 bits per heavy atom. The van der Waals surface area contributed by atoms with E-state index in [1.807, 2.05) is 18.2 Å². The van der Waals surface area contributed by atoms with E-state index in [4.69, 9.17) is 4.74 Å². The highest BCUT2D eigenvalue weighted by atomic mass is 16.5. The number of fused-ring (bicyclic) bond motifs is 1. The Kier molecular flexibility index (Phi) is 3.85. The van der Waals surface area contributed by atoms with Crippen molar-refractivity contribution >= 4 is 0 Å². The molecule has 2 fully saturated rings. The first-order valence-electron chi connectivity index (χ1n) is 7.66. The van der Waals surface area contributed by atoms with Crippen LogP contribution >= 0.6 is 0 Å². The Labute approximate surface area is 121 Å². The van der Waals surface area contributed by atoms with Gasteiger partial charge in [-0.25, -0.2) is 0 Å². The third kappa shape index (κ3) is 2.50. The molecule has 3 heteroatoms. The maximum absolute atomic E-state index is 10.2. The fourth-order valence-electron chi connectivity index (χ4n) is 3.96. The van der Waals surface area contributed by atoms with Crippen LogP contribution in [0.5, 0.6) is 0 Å². The first-order valence-corrected chi connectivity index (χ1v) is 7.66. The molecule has 4 unspecified atom stereocenters. The minimum absolute atomic E-state index is 0.188. The molecule has 1 heterocycles. The lowest BCUT2D eigenvalue weighted by atomic mass is 9.57.